The van der Waals surface area contributed by atoms with Crippen LogP contribution in [0.1, 0.15) is 30.1 Å². The van der Waals surface area contributed by atoms with Crippen LogP contribution in [-0.2, 0) is 10.0 Å². The summed E-state index contributed by atoms with van der Waals surface area (Å²) in [6, 6.07) is 12.1. The summed E-state index contributed by atoms with van der Waals surface area (Å²) in [5, 5.41) is 2.89. The van der Waals surface area contributed by atoms with Crippen molar-refractivity contribution < 1.29 is 13.2 Å². The quantitative estimate of drug-likeness (QED) is 0.627. The summed E-state index contributed by atoms with van der Waals surface area (Å²) < 4.78 is 27.6. The minimum Gasteiger partial charge on any atom is -0.351 e. The number of unbranched alkanes of at least 4 members (excludes halogenated alkanes) is 1. The minimum atomic E-state index is -3.16. The molecule has 1 N–H and O–H groups in total. The summed E-state index contributed by atoms with van der Waals surface area (Å²) in [6.07, 6.45) is 3.10. The Bertz CT molecular complexity index is 1030. The van der Waals surface area contributed by atoms with Gasteiger partial charge in [-0.05, 0) is 24.6 Å². The van der Waals surface area contributed by atoms with E-state index < -0.39 is 10.0 Å². The fourth-order valence-electron chi connectivity index (χ4n) is 3.53. The third-order valence-electron chi connectivity index (χ3n) is 5.40. The van der Waals surface area contributed by atoms with Gasteiger partial charge in [-0.3, -0.25) is 19.1 Å². The van der Waals surface area contributed by atoms with Crippen LogP contribution in [0.4, 0.5) is 0 Å². The zero-order chi connectivity index (χ0) is 22.3. The van der Waals surface area contributed by atoms with Gasteiger partial charge in [0.25, 0.3) is 11.5 Å². The lowest BCUT2D eigenvalue weighted by Gasteiger charge is -2.34. The lowest BCUT2D eigenvalue weighted by Crippen LogP contribution is -2.50. The number of carbonyl (C=O) groups excluding carboxylic acids is 1. The van der Waals surface area contributed by atoms with E-state index in [4.69, 9.17) is 0 Å². The van der Waals surface area contributed by atoms with Crippen molar-refractivity contribution in [1.29, 1.82) is 0 Å². The number of benzene rings is 1. The van der Waals surface area contributed by atoms with Crippen molar-refractivity contribution in [2.75, 3.05) is 45.0 Å². The molecule has 0 atom stereocenters. The topological polar surface area (TPSA) is 91.7 Å². The highest BCUT2D eigenvalue weighted by Gasteiger charge is 2.26. The van der Waals surface area contributed by atoms with Gasteiger partial charge in [0.1, 0.15) is 0 Å². The van der Waals surface area contributed by atoms with Gasteiger partial charge in [-0.25, -0.2) is 8.42 Å². The lowest BCUT2D eigenvalue weighted by molar-refractivity contribution is 0.0944. The van der Waals surface area contributed by atoms with E-state index in [2.05, 4.69) is 10.2 Å². The van der Waals surface area contributed by atoms with Crippen molar-refractivity contribution in [2.45, 2.75) is 19.8 Å². The van der Waals surface area contributed by atoms with E-state index in [1.54, 1.807) is 10.5 Å². The molecule has 3 rings (SSSR count). The molecule has 9 heteroatoms. The maximum absolute atomic E-state index is 12.5. The van der Waals surface area contributed by atoms with Crippen LogP contribution in [0.5, 0.6) is 0 Å². The molecule has 1 amide bonds. The summed E-state index contributed by atoms with van der Waals surface area (Å²) >= 11 is 0. The van der Waals surface area contributed by atoms with Crippen LogP contribution < -0.4 is 10.9 Å². The summed E-state index contributed by atoms with van der Waals surface area (Å²) in [6.45, 7) is 5.36. The van der Waals surface area contributed by atoms with Gasteiger partial charge in [0, 0.05) is 57.2 Å². The summed E-state index contributed by atoms with van der Waals surface area (Å²) in [5.41, 5.74) is 0.915. The van der Waals surface area contributed by atoms with E-state index in [9.17, 15) is 18.0 Å². The molecule has 1 aliphatic rings. The molecule has 8 nitrogen and oxygen atoms in total. The number of nitrogens with one attached hydrogen (secondary N) is 1. The zero-order valence-corrected chi connectivity index (χ0v) is 18.7. The number of rotatable bonds is 9. The van der Waals surface area contributed by atoms with Crippen molar-refractivity contribution in [3.8, 4) is 5.69 Å². The maximum atomic E-state index is 12.5. The first-order chi connectivity index (χ1) is 14.9. The second-order valence-corrected chi connectivity index (χ2v) is 9.72. The molecule has 1 aliphatic heterocycles. The smallest absolute Gasteiger partial charge is 0.255 e. The van der Waals surface area contributed by atoms with Gasteiger partial charge in [0.2, 0.25) is 10.0 Å². The first-order valence-corrected chi connectivity index (χ1v) is 12.3. The molecule has 168 valence electrons. The van der Waals surface area contributed by atoms with Gasteiger partial charge >= 0.3 is 0 Å². The normalized spacial score (nSPS) is 15.6. The Morgan fingerprint density at radius 1 is 1.03 bits per heavy atom. The number of sulfonamides is 1. The van der Waals surface area contributed by atoms with Gasteiger partial charge < -0.3 is 5.32 Å². The molecule has 1 fully saturated rings. The van der Waals surface area contributed by atoms with E-state index >= 15 is 0 Å². The number of hydrogen-bond donors (Lipinski definition) is 1. The van der Waals surface area contributed by atoms with Crippen molar-refractivity contribution in [3.63, 3.8) is 0 Å². The number of nitrogens with zero attached hydrogens (tertiary/aromatic N) is 3. The Hall–Kier alpha value is -2.49. The minimum absolute atomic E-state index is 0.200. The van der Waals surface area contributed by atoms with Crippen molar-refractivity contribution in [3.05, 3.63) is 64.6 Å². The number of aromatic nitrogens is 1. The highest BCUT2D eigenvalue weighted by atomic mass is 32.2. The highest BCUT2D eigenvalue weighted by Crippen LogP contribution is 2.10. The molecule has 1 aromatic heterocycles. The average molecular weight is 447 g/mol. The molecule has 1 saturated heterocycles. The van der Waals surface area contributed by atoms with Gasteiger partial charge in [-0.2, -0.15) is 4.31 Å². The summed E-state index contributed by atoms with van der Waals surface area (Å²) in [4.78, 5) is 26.8. The standard InChI is InChI=1S/C22H30N4O4S/c1-2-3-17-31(29,30)25-15-13-24(14-16-25)12-11-23-22(28)19-9-10-21(27)26(18-19)20-7-5-4-6-8-20/h4-10,18H,2-3,11-17H2,1H3,(H,23,28). The molecule has 0 bridgehead atoms. The van der Waals surface area contributed by atoms with Crippen molar-refractivity contribution in [1.82, 2.24) is 19.1 Å². The first-order valence-electron chi connectivity index (χ1n) is 10.7. The second-order valence-electron chi connectivity index (χ2n) is 7.63. The fraction of sp³-hybridized carbons (Fsp3) is 0.455. The van der Waals surface area contributed by atoms with E-state index in [1.807, 2.05) is 37.3 Å². The monoisotopic (exact) mass is 446 g/mol. The van der Waals surface area contributed by atoms with E-state index in [1.165, 1.54) is 16.7 Å². The molecule has 0 saturated carbocycles. The Morgan fingerprint density at radius 3 is 2.42 bits per heavy atom. The molecule has 0 spiro atoms. The molecule has 2 aromatic rings. The van der Waals surface area contributed by atoms with Gasteiger partial charge in [-0.15, -0.1) is 0 Å². The number of pyridine rings is 1. The van der Waals surface area contributed by atoms with Crippen LogP contribution in [0.3, 0.4) is 0 Å². The van der Waals surface area contributed by atoms with Crippen LogP contribution >= 0.6 is 0 Å². The predicted octanol–water partition coefficient (Wildman–Crippen LogP) is 1.31. The van der Waals surface area contributed by atoms with E-state index in [-0.39, 0.29) is 17.2 Å². The largest absolute Gasteiger partial charge is 0.351 e. The fourth-order valence-corrected chi connectivity index (χ4v) is 5.16. The van der Waals surface area contributed by atoms with Crippen molar-refractivity contribution in [2.24, 2.45) is 0 Å². The molecule has 0 unspecified atom stereocenters. The molecular formula is C22H30N4O4S. The SMILES string of the molecule is CCCCS(=O)(=O)N1CCN(CCNC(=O)c2ccc(=O)n(-c3ccccc3)c2)CC1. The maximum Gasteiger partial charge on any atom is 0.255 e. The molecule has 1 aromatic carbocycles. The molecule has 31 heavy (non-hydrogen) atoms. The van der Waals surface area contributed by atoms with Crippen LogP contribution in [0.2, 0.25) is 0 Å². The second kappa shape index (κ2) is 10.7. The van der Waals surface area contributed by atoms with Crippen LogP contribution in [-0.4, -0.2) is 73.1 Å². The Kier molecular flexibility index (Phi) is 8.00. The molecule has 2 heterocycles. The third kappa shape index (κ3) is 6.25. The number of piperazine rings is 1. The number of hydrogen-bond acceptors (Lipinski definition) is 5. The Labute approximate surface area is 183 Å². The molecule has 0 radical (unpaired) electrons. The van der Waals surface area contributed by atoms with Gasteiger partial charge in [0.15, 0.2) is 0 Å². The van der Waals surface area contributed by atoms with Crippen molar-refractivity contribution >= 4 is 15.9 Å². The van der Waals surface area contributed by atoms with Gasteiger partial charge in [-0.1, -0.05) is 31.5 Å². The summed E-state index contributed by atoms with van der Waals surface area (Å²) in [7, 11) is -3.16. The molecule has 0 aliphatic carbocycles. The predicted molar refractivity (Wildman–Crippen MR) is 121 cm³/mol. The number of amides is 1. The van der Waals surface area contributed by atoms with Crippen LogP contribution in [0.25, 0.3) is 5.69 Å². The lowest BCUT2D eigenvalue weighted by atomic mass is 10.2. The Morgan fingerprint density at radius 2 is 1.74 bits per heavy atom. The number of carbonyl (C=O) groups is 1. The number of para-hydroxylation sites is 1. The first kappa shape index (κ1) is 23.2. The third-order valence-corrected chi connectivity index (χ3v) is 7.36. The Balaban J connectivity index is 1.49. The van der Waals surface area contributed by atoms with E-state index in [0.29, 0.717) is 56.9 Å². The molecular weight excluding hydrogens is 416 g/mol. The van der Waals surface area contributed by atoms with Gasteiger partial charge in [0.05, 0.1) is 11.3 Å². The highest BCUT2D eigenvalue weighted by molar-refractivity contribution is 7.89. The van der Waals surface area contributed by atoms with E-state index in [0.717, 1.165) is 6.42 Å². The van der Waals surface area contributed by atoms with Crippen LogP contribution in [0, 0.1) is 0 Å². The average Bonchev–Trinajstić information content (AvgIpc) is 2.79. The zero-order valence-electron chi connectivity index (χ0n) is 17.9. The van der Waals surface area contributed by atoms with Crippen LogP contribution in [0.15, 0.2) is 53.5 Å². The summed E-state index contributed by atoms with van der Waals surface area (Å²) in [5.74, 6) is -0.0320.